The molecular weight excluding hydrogens is 314 g/mol. The van der Waals surface area contributed by atoms with E-state index in [1.165, 1.54) is 22.4 Å². The van der Waals surface area contributed by atoms with E-state index < -0.39 is 0 Å². The predicted molar refractivity (Wildman–Crippen MR) is 88.3 cm³/mol. The SMILES string of the molecule is Cc1cc(C)c(NC(C)c2c(C)nn(C)c2C)c(Br)c1. The predicted octanol–water partition coefficient (Wildman–Crippen LogP) is 4.59. The third kappa shape index (κ3) is 2.75. The molecule has 0 radical (unpaired) electrons. The van der Waals surface area contributed by atoms with E-state index >= 15 is 0 Å². The van der Waals surface area contributed by atoms with Gasteiger partial charge in [0.1, 0.15) is 0 Å². The summed E-state index contributed by atoms with van der Waals surface area (Å²) in [6.45, 7) is 10.6. The highest BCUT2D eigenvalue weighted by Gasteiger charge is 2.17. The second-order valence-corrected chi connectivity index (χ2v) is 6.37. The van der Waals surface area contributed by atoms with E-state index in [2.05, 4.69) is 73.1 Å². The van der Waals surface area contributed by atoms with Crippen LogP contribution in [-0.4, -0.2) is 9.78 Å². The van der Waals surface area contributed by atoms with E-state index in [1.807, 2.05) is 11.7 Å². The Kier molecular flexibility index (Phi) is 4.23. The van der Waals surface area contributed by atoms with Crippen LogP contribution in [0.25, 0.3) is 0 Å². The Morgan fingerprint density at radius 3 is 2.35 bits per heavy atom. The maximum Gasteiger partial charge on any atom is 0.0649 e. The topological polar surface area (TPSA) is 29.9 Å². The lowest BCUT2D eigenvalue weighted by Gasteiger charge is -2.19. The van der Waals surface area contributed by atoms with Crippen LogP contribution >= 0.6 is 15.9 Å². The Morgan fingerprint density at radius 1 is 1.20 bits per heavy atom. The largest absolute Gasteiger partial charge is 0.377 e. The molecule has 3 nitrogen and oxygen atoms in total. The average Bonchev–Trinajstić information content (AvgIpc) is 2.58. The molecule has 1 atom stereocenters. The molecule has 1 aromatic heterocycles. The molecule has 0 saturated carbocycles. The monoisotopic (exact) mass is 335 g/mol. The molecule has 108 valence electrons. The zero-order chi connectivity index (χ0) is 15.0. The van der Waals surface area contributed by atoms with Gasteiger partial charge in [0.25, 0.3) is 0 Å². The summed E-state index contributed by atoms with van der Waals surface area (Å²) in [5.74, 6) is 0. The third-order valence-electron chi connectivity index (χ3n) is 3.79. The third-order valence-corrected chi connectivity index (χ3v) is 4.42. The van der Waals surface area contributed by atoms with Gasteiger partial charge < -0.3 is 5.32 Å². The minimum atomic E-state index is 0.224. The fourth-order valence-electron chi connectivity index (χ4n) is 2.80. The van der Waals surface area contributed by atoms with Crippen LogP contribution in [0.5, 0.6) is 0 Å². The van der Waals surface area contributed by atoms with Crippen LogP contribution in [0.15, 0.2) is 16.6 Å². The Labute approximate surface area is 129 Å². The molecular formula is C16H22BrN3. The molecule has 1 aromatic carbocycles. The van der Waals surface area contributed by atoms with Gasteiger partial charge >= 0.3 is 0 Å². The normalized spacial score (nSPS) is 12.6. The molecule has 0 fully saturated rings. The van der Waals surface area contributed by atoms with Crippen molar-refractivity contribution in [3.8, 4) is 0 Å². The van der Waals surface area contributed by atoms with Crippen LogP contribution in [-0.2, 0) is 7.05 Å². The van der Waals surface area contributed by atoms with Crippen molar-refractivity contribution < 1.29 is 0 Å². The lowest BCUT2D eigenvalue weighted by molar-refractivity contribution is 0.728. The van der Waals surface area contributed by atoms with E-state index in [0.29, 0.717) is 0 Å². The highest BCUT2D eigenvalue weighted by Crippen LogP contribution is 2.32. The van der Waals surface area contributed by atoms with E-state index in [9.17, 15) is 0 Å². The van der Waals surface area contributed by atoms with Crippen molar-refractivity contribution in [1.82, 2.24) is 9.78 Å². The van der Waals surface area contributed by atoms with Gasteiger partial charge in [-0.2, -0.15) is 5.10 Å². The minimum absolute atomic E-state index is 0.224. The summed E-state index contributed by atoms with van der Waals surface area (Å²) in [5, 5.41) is 8.11. The summed E-state index contributed by atoms with van der Waals surface area (Å²) in [5.41, 5.74) is 7.25. The Hall–Kier alpha value is -1.29. The molecule has 0 aliphatic heterocycles. The average molecular weight is 336 g/mol. The zero-order valence-electron chi connectivity index (χ0n) is 13.0. The first-order chi connectivity index (χ1) is 9.31. The Balaban J connectivity index is 2.35. The highest BCUT2D eigenvalue weighted by atomic mass is 79.9. The van der Waals surface area contributed by atoms with Crippen molar-refractivity contribution in [3.63, 3.8) is 0 Å². The second kappa shape index (κ2) is 5.60. The number of benzene rings is 1. The summed E-state index contributed by atoms with van der Waals surface area (Å²) < 4.78 is 3.06. The second-order valence-electron chi connectivity index (χ2n) is 5.51. The van der Waals surface area contributed by atoms with Gasteiger partial charge in [0.15, 0.2) is 0 Å². The number of aryl methyl sites for hydroxylation is 4. The van der Waals surface area contributed by atoms with Gasteiger partial charge in [-0.1, -0.05) is 6.07 Å². The maximum absolute atomic E-state index is 4.50. The van der Waals surface area contributed by atoms with Gasteiger partial charge in [0.05, 0.1) is 17.4 Å². The summed E-state index contributed by atoms with van der Waals surface area (Å²) in [4.78, 5) is 0. The first-order valence-corrected chi connectivity index (χ1v) is 7.64. The smallest absolute Gasteiger partial charge is 0.0649 e. The van der Waals surface area contributed by atoms with E-state index in [0.717, 1.165) is 15.9 Å². The summed E-state index contributed by atoms with van der Waals surface area (Å²) in [7, 11) is 1.99. The molecule has 4 heteroatoms. The van der Waals surface area contributed by atoms with Crippen LogP contribution in [0.3, 0.4) is 0 Å². The van der Waals surface area contributed by atoms with Gasteiger partial charge in [-0.15, -0.1) is 0 Å². The van der Waals surface area contributed by atoms with Crippen LogP contribution < -0.4 is 5.32 Å². The number of hydrogen-bond donors (Lipinski definition) is 1. The molecule has 0 saturated heterocycles. The molecule has 1 N–H and O–H groups in total. The molecule has 0 amide bonds. The highest BCUT2D eigenvalue weighted by molar-refractivity contribution is 9.10. The molecule has 0 spiro atoms. The van der Waals surface area contributed by atoms with E-state index in [-0.39, 0.29) is 6.04 Å². The molecule has 1 heterocycles. The number of anilines is 1. The van der Waals surface area contributed by atoms with Crippen LogP contribution in [0, 0.1) is 27.7 Å². The van der Waals surface area contributed by atoms with Crippen LogP contribution in [0.4, 0.5) is 5.69 Å². The number of nitrogens with one attached hydrogen (secondary N) is 1. The lowest BCUT2D eigenvalue weighted by Crippen LogP contribution is -2.10. The zero-order valence-corrected chi connectivity index (χ0v) is 14.6. The number of hydrogen-bond acceptors (Lipinski definition) is 2. The Bertz CT molecular complexity index is 620. The number of halogens is 1. The van der Waals surface area contributed by atoms with Crippen molar-refractivity contribution in [2.45, 2.75) is 40.7 Å². The van der Waals surface area contributed by atoms with Gasteiger partial charge in [0, 0.05) is 22.8 Å². The summed E-state index contributed by atoms with van der Waals surface area (Å²) in [6.07, 6.45) is 0. The Morgan fingerprint density at radius 2 is 1.85 bits per heavy atom. The van der Waals surface area contributed by atoms with Gasteiger partial charge in [-0.3, -0.25) is 4.68 Å². The van der Waals surface area contributed by atoms with Gasteiger partial charge in [-0.05, 0) is 67.7 Å². The quantitative estimate of drug-likeness (QED) is 0.888. The van der Waals surface area contributed by atoms with Crippen molar-refractivity contribution in [3.05, 3.63) is 44.7 Å². The van der Waals surface area contributed by atoms with E-state index in [4.69, 9.17) is 0 Å². The molecule has 0 aliphatic rings. The van der Waals surface area contributed by atoms with Crippen molar-refractivity contribution in [2.24, 2.45) is 7.05 Å². The molecule has 0 aliphatic carbocycles. The maximum atomic E-state index is 4.50. The van der Waals surface area contributed by atoms with Crippen LogP contribution in [0.2, 0.25) is 0 Å². The fourth-order valence-corrected chi connectivity index (χ4v) is 3.59. The van der Waals surface area contributed by atoms with Crippen molar-refractivity contribution >= 4 is 21.6 Å². The van der Waals surface area contributed by atoms with Crippen LogP contribution in [0.1, 0.15) is 41.0 Å². The van der Waals surface area contributed by atoms with E-state index in [1.54, 1.807) is 0 Å². The lowest BCUT2D eigenvalue weighted by atomic mass is 10.0. The fraction of sp³-hybridized carbons (Fsp3) is 0.438. The molecule has 0 bridgehead atoms. The van der Waals surface area contributed by atoms with Crippen molar-refractivity contribution in [2.75, 3.05) is 5.32 Å². The minimum Gasteiger partial charge on any atom is -0.377 e. The molecule has 20 heavy (non-hydrogen) atoms. The summed E-state index contributed by atoms with van der Waals surface area (Å²) in [6, 6.07) is 4.56. The standard InChI is InChI=1S/C16H22BrN3/c1-9-7-10(2)16(14(17)8-9)18-11(3)15-12(4)19-20(6)13(15)5/h7-8,11,18H,1-6H3. The number of aromatic nitrogens is 2. The molecule has 2 rings (SSSR count). The molecule has 2 aromatic rings. The van der Waals surface area contributed by atoms with Crippen molar-refractivity contribution in [1.29, 1.82) is 0 Å². The number of rotatable bonds is 3. The number of nitrogens with zero attached hydrogens (tertiary/aromatic N) is 2. The van der Waals surface area contributed by atoms with Gasteiger partial charge in [-0.25, -0.2) is 0 Å². The van der Waals surface area contributed by atoms with Gasteiger partial charge in [0.2, 0.25) is 0 Å². The first kappa shape index (κ1) is 15.1. The first-order valence-electron chi connectivity index (χ1n) is 6.84. The molecule has 1 unspecified atom stereocenters. The summed E-state index contributed by atoms with van der Waals surface area (Å²) >= 11 is 3.66.